The van der Waals surface area contributed by atoms with Gasteiger partial charge < -0.3 is 10.1 Å². The molecule has 0 saturated carbocycles. The van der Waals surface area contributed by atoms with Crippen LogP contribution in [0, 0.1) is 0 Å². The fourth-order valence-corrected chi connectivity index (χ4v) is 2.84. The largest absolute Gasteiger partial charge is 0.464 e. The van der Waals surface area contributed by atoms with Gasteiger partial charge in [-0.05, 0) is 0 Å². The van der Waals surface area contributed by atoms with E-state index in [2.05, 4.69) is 30.2 Å². The van der Waals surface area contributed by atoms with Crippen molar-refractivity contribution in [2.24, 2.45) is 0 Å². The first-order valence-corrected chi connectivity index (χ1v) is 8.68. The molecule has 1 heterocycles. The lowest BCUT2D eigenvalue weighted by Crippen LogP contribution is -2.39. The third kappa shape index (κ3) is 7.00. The Morgan fingerprint density at radius 3 is 2.71 bits per heavy atom. The van der Waals surface area contributed by atoms with Gasteiger partial charge in [0.1, 0.15) is 11.8 Å². The lowest BCUT2D eigenvalue weighted by molar-refractivity contribution is -0.141. The van der Waals surface area contributed by atoms with Gasteiger partial charge in [-0.3, -0.25) is 13.8 Å². The van der Waals surface area contributed by atoms with E-state index in [4.69, 9.17) is 0 Å². The van der Waals surface area contributed by atoms with Crippen LogP contribution in [0.2, 0.25) is 0 Å². The number of hydrogen-bond donors (Lipinski definition) is 1. The summed E-state index contributed by atoms with van der Waals surface area (Å²) in [7, 11) is -4.01. The Labute approximate surface area is 130 Å². The molecule has 2 atom stereocenters. The predicted molar refractivity (Wildman–Crippen MR) is 75.3 cm³/mol. The van der Waals surface area contributed by atoms with Gasteiger partial charge in [0.25, 0.3) is 10.1 Å². The number of cyclic esters (lactones) is 1. The topological polar surface area (TPSA) is 116 Å². The molecule has 0 aliphatic carbocycles. The highest BCUT2D eigenvalue weighted by atomic mass is 79.9. The molecule has 0 bridgehead atoms. The fourth-order valence-electron chi connectivity index (χ4n) is 1.54. The Morgan fingerprint density at radius 2 is 2.19 bits per heavy atom. The van der Waals surface area contributed by atoms with Gasteiger partial charge >= 0.3 is 5.97 Å². The van der Waals surface area contributed by atoms with Crippen molar-refractivity contribution in [3.05, 3.63) is 0 Å². The number of halogens is 1. The van der Waals surface area contributed by atoms with Crippen molar-refractivity contribution >= 4 is 43.7 Å². The van der Waals surface area contributed by atoms with Gasteiger partial charge in [-0.15, -0.1) is 0 Å². The van der Waals surface area contributed by atoms with Crippen LogP contribution in [0.4, 0.5) is 0 Å². The van der Waals surface area contributed by atoms with Crippen LogP contribution in [0.3, 0.4) is 0 Å². The summed E-state index contributed by atoms with van der Waals surface area (Å²) in [6.07, 6.45) is -0.292. The third-order valence-corrected chi connectivity index (χ3v) is 3.88. The molecular weight excluding hydrogens is 370 g/mol. The second-order valence-corrected chi connectivity index (χ2v) is 7.76. The lowest BCUT2D eigenvalue weighted by Gasteiger charge is -2.09. The van der Waals surface area contributed by atoms with Crippen LogP contribution in [0.15, 0.2) is 0 Å². The second kappa shape index (κ2) is 7.85. The summed E-state index contributed by atoms with van der Waals surface area (Å²) in [5.41, 5.74) is 0. The molecule has 0 radical (unpaired) electrons. The van der Waals surface area contributed by atoms with E-state index < -0.39 is 46.0 Å². The van der Waals surface area contributed by atoms with Crippen LogP contribution in [-0.2, 0) is 33.4 Å². The number of carbonyl (C=O) groups excluding carboxylic acids is 3. The third-order valence-electron chi connectivity index (χ3n) is 2.44. The summed E-state index contributed by atoms with van der Waals surface area (Å²) >= 11 is 3.11. The van der Waals surface area contributed by atoms with Crippen LogP contribution in [0.1, 0.15) is 19.8 Å². The molecular formula is C11H16BrNO7S. The first-order chi connectivity index (χ1) is 9.69. The fraction of sp³-hybridized carbons (Fsp3) is 0.727. The summed E-state index contributed by atoms with van der Waals surface area (Å²) in [6.45, 7) is 1.80. The van der Waals surface area contributed by atoms with E-state index in [0.717, 1.165) is 0 Å². The molecule has 0 aromatic heterocycles. The Balaban J connectivity index is 2.38. The number of carbonyl (C=O) groups is 3. The van der Waals surface area contributed by atoms with E-state index in [1.54, 1.807) is 6.92 Å². The van der Waals surface area contributed by atoms with Crippen LogP contribution < -0.4 is 5.32 Å². The molecule has 0 aromatic rings. The van der Waals surface area contributed by atoms with E-state index >= 15 is 0 Å². The zero-order valence-electron chi connectivity index (χ0n) is 11.3. The normalized spacial score (nSPS) is 19.9. The molecule has 21 heavy (non-hydrogen) atoms. The standard InChI is InChI=1S/C11H16BrNO7S/c1-7(12)5-20-21(17,18)6-8(14)4-10(15)13-9-2-3-19-11(9)16/h7,9H,2-6H2,1H3,(H,13,15). The predicted octanol–water partition coefficient (Wildman–Crippen LogP) is -0.493. The first kappa shape index (κ1) is 18.1. The highest BCUT2D eigenvalue weighted by molar-refractivity contribution is 9.09. The van der Waals surface area contributed by atoms with Crippen molar-refractivity contribution in [2.45, 2.75) is 30.6 Å². The number of rotatable bonds is 8. The molecule has 10 heteroatoms. The Kier molecular flexibility index (Phi) is 6.75. The molecule has 1 N–H and O–H groups in total. The quantitative estimate of drug-likeness (QED) is 0.259. The van der Waals surface area contributed by atoms with Crippen molar-refractivity contribution < 1.29 is 31.7 Å². The minimum atomic E-state index is -4.01. The summed E-state index contributed by atoms with van der Waals surface area (Å²) in [5, 5.41) is 2.32. The molecule has 1 amide bonds. The number of ketones is 1. The zero-order valence-corrected chi connectivity index (χ0v) is 13.7. The van der Waals surface area contributed by atoms with Crippen molar-refractivity contribution in [1.29, 1.82) is 0 Å². The number of esters is 1. The molecule has 0 spiro atoms. The summed E-state index contributed by atoms with van der Waals surface area (Å²) in [4.78, 5) is 34.0. The summed E-state index contributed by atoms with van der Waals surface area (Å²) < 4.78 is 32.1. The van der Waals surface area contributed by atoms with E-state index in [0.29, 0.717) is 6.42 Å². The van der Waals surface area contributed by atoms with Crippen LogP contribution >= 0.6 is 15.9 Å². The molecule has 2 unspecified atom stereocenters. The monoisotopic (exact) mass is 385 g/mol. The second-order valence-electron chi connectivity index (χ2n) is 4.56. The minimum Gasteiger partial charge on any atom is -0.464 e. The smallest absolute Gasteiger partial charge is 0.328 e. The highest BCUT2D eigenvalue weighted by Crippen LogP contribution is 2.06. The van der Waals surface area contributed by atoms with Gasteiger partial charge in [-0.2, -0.15) is 8.42 Å². The zero-order chi connectivity index (χ0) is 16.0. The van der Waals surface area contributed by atoms with E-state index in [9.17, 15) is 22.8 Å². The van der Waals surface area contributed by atoms with Crippen LogP contribution in [0.25, 0.3) is 0 Å². The van der Waals surface area contributed by atoms with E-state index in [1.807, 2.05) is 0 Å². The number of nitrogens with one attached hydrogen (secondary N) is 1. The van der Waals surface area contributed by atoms with Crippen LogP contribution in [-0.4, -0.2) is 55.9 Å². The number of alkyl halides is 1. The molecule has 1 aliphatic heterocycles. The lowest BCUT2D eigenvalue weighted by atomic mass is 10.2. The van der Waals surface area contributed by atoms with Gasteiger partial charge in [-0.1, -0.05) is 22.9 Å². The van der Waals surface area contributed by atoms with Crippen LogP contribution in [0.5, 0.6) is 0 Å². The summed E-state index contributed by atoms with van der Waals surface area (Å²) in [5.74, 6) is -2.96. The first-order valence-electron chi connectivity index (χ1n) is 6.18. The Hall–Kier alpha value is -1.00. The molecule has 1 aliphatic rings. The number of amides is 1. The maximum absolute atomic E-state index is 11.5. The maximum atomic E-state index is 11.5. The Bertz CT molecular complexity index is 517. The van der Waals surface area contributed by atoms with Gasteiger partial charge in [0.05, 0.1) is 19.6 Å². The number of ether oxygens (including phenoxy) is 1. The van der Waals surface area contributed by atoms with Gasteiger partial charge in [0, 0.05) is 11.2 Å². The van der Waals surface area contributed by atoms with E-state index in [1.165, 1.54) is 0 Å². The molecule has 0 aromatic carbocycles. The summed E-state index contributed by atoms with van der Waals surface area (Å²) in [6, 6.07) is -0.771. The SMILES string of the molecule is CC(Br)COS(=O)(=O)CC(=O)CC(=O)NC1CCOC1=O. The van der Waals surface area contributed by atoms with E-state index in [-0.39, 0.29) is 18.0 Å². The average Bonchev–Trinajstić information content (AvgIpc) is 2.71. The number of Topliss-reactive ketones (excluding diaryl/α,β-unsaturated/α-hetero) is 1. The van der Waals surface area contributed by atoms with Gasteiger partial charge in [0.2, 0.25) is 5.91 Å². The highest BCUT2D eigenvalue weighted by Gasteiger charge is 2.29. The van der Waals surface area contributed by atoms with Crippen molar-refractivity contribution in [3.8, 4) is 0 Å². The number of hydrogen-bond acceptors (Lipinski definition) is 7. The maximum Gasteiger partial charge on any atom is 0.328 e. The molecule has 1 saturated heterocycles. The Morgan fingerprint density at radius 1 is 1.52 bits per heavy atom. The minimum absolute atomic E-state index is 0.101. The molecule has 1 rings (SSSR count). The molecule has 120 valence electrons. The average molecular weight is 386 g/mol. The molecule has 1 fully saturated rings. The molecule has 8 nitrogen and oxygen atoms in total. The van der Waals surface area contributed by atoms with Crippen molar-refractivity contribution in [2.75, 3.05) is 19.0 Å². The van der Waals surface area contributed by atoms with Gasteiger partial charge in [-0.25, -0.2) is 4.79 Å². The van der Waals surface area contributed by atoms with Crippen molar-refractivity contribution in [3.63, 3.8) is 0 Å². The van der Waals surface area contributed by atoms with Gasteiger partial charge in [0.15, 0.2) is 5.78 Å². The van der Waals surface area contributed by atoms with Crippen molar-refractivity contribution in [1.82, 2.24) is 5.32 Å².